The van der Waals surface area contributed by atoms with Gasteiger partial charge in [0.05, 0.1) is 6.10 Å². The minimum atomic E-state index is 0.0193. The first-order valence-electron chi connectivity index (χ1n) is 12.0. The van der Waals surface area contributed by atoms with Crippen LogP contribution in [0.2, 0.25) is 0 Å². The van der Waals surface area contributed by atoms with E-state index in [-0.39, 0.29) is 6.10 Å². The third-order valence-electron chi connectivity index (χ3n) is 8.15. The summed E-state index contributed by atoms with van der Waals surface area (Å²) in [7, 11) is 0. The van der Waals surface area contributed by atoms with Gasteiger partial charge in [0.1, 0.15) is 0 Å². The van der Waals surface area contributed by atoms with Crippen LogP contribution >= 0.6 is 0 Å². The largest absolute Gasteiger partial charge is 0.393 e. The highest BCUT2D eigenvalue weighted by Crippen LogP contribution is 2.50. The zero-order valence-electron chi connectivity index (χ0n) is 16.9. The van der Waals surface area contributed by atoms with Gasteiger partial charge in [-0.3, -0.25) is 0 Å². The van der Waals surface area contributed by atoms with E-state index in [1.165, 1.54) is 96.3 Å². The average molecular weight is 349 g/mol. The Hall–Kier alpha value is -0.0400. The third kappa shape index (κ3) is 5.72. The van der Waals surface area contributed by atoms with E-state index in [4.69, 9.17) is 0 Å². The molecule has 0 saturated heterocycles. The fourth-order valence-electron chi connectivity index (χ4n) is 6.66. The predicted octanol–water partition coefficient (Wildman–Crippen LogP) is 7.12. The van der Waals surface area contributed by atoms with Gasteiger partial charge < -0.3 is 5.11 Å². The Morgan fingerprint density at radius 1 is 0.680 bits per heavy atom. The molecule has 3 aliphatic carbocycles. The highest BCUT2D eigenvalue weighted by molar-refractivity contribution is 4.91. The number of aliphatic hydroxyl groups is 1. The quantitative estimate of drug-likeness (QED) is 0.463. The van der Waals surface area contributed by atoms with Crippen molar-refractivity contribution >= 4 is 0 Å². The van der Waals surface area contributed by atoms with Crippen LogP contribution in [0.15, 0.2) is 0 Å². The standard InChI is InChI=1S/C24H44O/c1-2-3-4-5-6-7-9-19-12-14-21(15-13-19)23-11-8-10-20-16-17-22(25)18-24(20)23/h19-25H,2-18H2,1H3. The monoisotopic (exact) mass is 348 g/mol. The van der Waals surface area contributed by atoms with Gasteiger partial charge in [0, 0.05) is 0 Å². The topological polar surface area (TPSA) is 20.2 Å². The van der Waals surface area contributed by atoms with Gasteiger partial charge in [0.15, 0.2) is 0 Å². The maximum atomic E-state index is 10.2. The van der Waals surface area contributed by atoms with E-state index < -0.39 is 0 Å². The van der Waals surface area contributed by atoms with E-state index in [9.17, 15) is 5.11 Å². The van der Waals surface area contributed by atoms with Gasteiger partial charge >= 0.3 is 0 Å². The molecule has 0 spiro atoms. The minimum Gasteiger partial charge on any atom is -0.393 e. The molecule has 0 aromatic carbocycles. The number of rotatable bonds is 8. The zero-order chi connectivity index (χ0) is 17.5. The Kier molecular flexibility index (Phi) is 8.15. The predicted molar refractivity (Wildman–Crippen MR) is 108 cm³/mol. The first-order valence-corrected chi connectivity index (χ1v) is 12.0. The van der Waals surface area contributed by atoms with Crippen molar-refractivity contribution < 1.29 is 5.11 Å². The number of hydrogen-bond donors (Lipinski definition) is 1. The molecule has 4 unspecified atom stereocenters. The maximum absolute atomic E-state index is 10.2. The lowest BCUT2D eigenvalue weighted by atomic mass is 9.59. The molecule has 1 N–H and O–H groups in total. The summed E-state index contributed by atoms with van der Waals surface area (Å²) < 4.78 is 0. The summed E-state index contributed by atoms with van der Waals surface area (Å²) in [5, 5.41) is 10.2. The highest BCUT2D eigenvalue weighted by Gasteiger charge is 2.41. The molecule has 4 atom stereocenters. The molecule has 0 bridgehead atoms. The van der Waals surface area contributed by atoms with Gasteiger partial charge in [-0.15, -0.1) is 0 Å². The van der Waals surface area contributed by atoms with Crippen molar-refractivity contribution in [2.45, 2.75) is 122 Å². The fourth-order valence-corrected chi connectivity index (χ4v) is 6.66. The van der Waals surface area contributed by atoms with Crippen molar-refractivity contribution in [2.75, 3.05) is 0 Å². The molecule has 0 radical (unpaired) electrons. The van der Waals surface area contributed by atoms with Crippen molar-refractivity contribution in [1.29, 1.82) is 0 Å². The van der Waals surface area contributed by atoms with Crippen LogP contribution in [0.25, 0.3) is 0 Å². The molecule has 1 nitrogen and oxygen atoms in total. The lowest BCUT2D eigenvalue weighted by Crippen LogP contribution is -2.39. The molecule has 3 aliphatic rings. The van der Waals surface area contributed by atoms with E-state index in [0.717, 1.165) is 42.4 Å². The van der Waals surface area contributed by atoms with E-state index in [1.54, 1.807) is 0 Å². The SMILES string of the molecule is CCCCCCCCC1CCC(C2CCCC3CCC(O)CC32)CC1. The van der Waals surface area contributed by atoms with Crippen molar-refractivity contribution in [1.82, 2.24) is 0 Å². The van der Waals surface area contributed by atoms with E-state index in [2.05, 4.69) is 6.92 Å². The second-order valence-corrected chi connectivity index (χ2v) is 9.82. The van der Waals surface area contributed by atoms with E-state index in [1.807, 2.05) is 0 Å². The van der Waals surface area contributed by atoms with Crippen LogP contribution in [0.3, 0.4) is 0 Å². The van der Waals surface area contributed by atoms with Gasteiger partial charge in [-0.25, -0.2) is 0 Å². The molecule has 3 rings (SSSR count). The van der Waals surface area contributed by atoms with Crippen molar-refractivity contribution in [3.63, 3.8) is 0 Å². The van der Waals surface area contributed by atoms with E-state index >= 15 is 0 Å². The van der Waals surface area contributed by atoms with Crippen LogP contribution < -0.4 is 0 Å². The number of fused-ring (bicyclic) bond motifs is 1. The van der Waals surface area contributed by atoms with Crippen molar-refractivity contribution in [3.05, 3.63) is 0 Å². The second-order valence-electron chi connectivity index (χ2n) is 9.82. The average Bonchev–Trinajstić information content (AvgIpc) is 2.64. The van der Waals surface area contributed by atoms with Gasteiger partial charge in [-0.1, -0.05) is 77.6 Å². The van der Waals surface area contributed by atoms with Gasteiger partial charge in [0.2, 0.25) is 0 Å². The van der Waals surface area contributed by atoms with Crippen LogP contribution in [0.1, 0.15) is 116 Å². The second kappa shape index (κ2) is 10.3. The molecule has 0 aromatic heterocycles. The van der Waals surface area contributed by atoms with Crippen molar-refractivity contribution in [3.8, 4) is 0 Å². The Bertz CT molecular complexity index is 357. The number of hydrogen-bond acceptors (Lipinski definition) is 1. The van der Waals surface area contributed by atoms with Gasteiger partial charge in [-0.2, -0.15) is 0 Å². The Morgan fingerprint density at radius 3 is 2.16 bits per heavy atom. The molecule has 1 heteroatoms. The van der Waals surface area contributed by atoms with Crippen LogP contribution in [-0.2, 0) is 0 Å². The zero-order valence-corrected chi connectivity index (χ0v) is 16.9. The summed E-state index contributed by atoms with van der Waals surface area (Å²) in [5.74, 6) is 4.84. The summed E-state index contributed by atoms with van der Waals surface area (Å²) in [5.41, 5.74) is 0. The van der Waals surface area contributed by atoms with E-state index in [0.29, 0.717) is 0 Å². The third-order valence-corrected chi connectivity index (χ3v) is 8.15. The lowest BCUT2D eigenvalue weighted by molar-refractivity contribution is -0.00961. The first kappa shape index (κ1) is 19.7. The Balaban J connectivity index is 1.36. The van der Waals surface area contributed by atoms with Gasteiger partial charge in [-0.05, 0) is 68.1 Å². The summed E-state index contributed by atoms with van der Waals surface area (Å²) in [6, 6.07) is 0. The molecule has 25 heavy (non-hydrogen) atoms. The fraction of sp³-hybridized carbons (Fsp3) is 1.00. The highest BCUT2D eigenvalue weighted by atomic mass is 16.3. The molecular formula is C24H44O. The molecule has 3 fully saturated rings. The summed E-state index contributed by atoms with van der Waals surface area (Å²) in [6.45, 7) is 2.31. The first-order chi connectivity index (χ1) is 12.3. The summed E-state index contributed by atoms with van der Waals surface area (Å²) in [6.07, 6.45) is 24.2. The van der Waals surface area contributed by atoms with Crippen molar-refractivity contribution in [2.24, 2.45) is 29.6 Å². The summed E-state index contributed by atoms with van der Waals surface area (Å²) >= 11 is 0. The Morgan fingerprint density at radius 2 is 1.36 bits per heavy atom. The molecule has 3 saturated carbocycles. The lowest BCUT2D eigenvalue weighted by Gasteiger charge is -2.47. The molecule has 0 heterocycles. The van der Waals surface area contributed by atoms with Crippen LogP contribution in [-0.4, -0.2) is 11.2 Å². The smallest absolute Gasteiger partial charge is 0.0543 e. The molecule has 0 aliphatic heterocycles. The molecule has 0 aromatic rings. The van der Waals surface area contributed by atoms with Crippen LogP contribution in [0, 0.1) is 29.6 Å². The summed E-state index contributed by atoms with van der Waals surface area (Å²) in [4.78, 5) is 0. The molecule has 146 valence electrons. The minimum absolute atomic E-state index is 0.0193. The molecule has 0 amide bonds. The van der Waals surface area contributed by atoms with Crippen LogP contribution in [0.5, 0.6) is 0 Å². The maximum Gasteiger partial charge on any atom is 0.0543 e. The molecular weight excluding hydrogens is 304 g/mol. The number of aliphatic hydroxyl groups excluding tert-OH is 1. The van der Waals surface area contributed by atoms with Gasteiger partial charge in [0.25, 0.3) is 0 Å². The normalized spacial score (nSPS) is 39.1. The Labute approximate surface area is 157 Å². The van der Waals surface area contributed by atoms with Crippen LogP contribution in [0.4, 0.5) is 0 Å². The number of unbranched alkanes of at least 4 members (excludes halogenated alkanes) is 5.